The second kappa shape index (κ2) is 4.59. The second-order valence-corrected chi connectivity index (χ2v) is 4.88. The van der Waals surface area contributed by atoms with Gasteiger partial charge in [0.1, 0.15) is 11.6 Å². The molecule has 0 saturated carbocycles. The number of aromatic nitrogens is 3. The van der Waals surface area contributed by atoms with E-state index < -0.39 is 11.9 Å². The predicted octanol–water partition coefficient (Wildman–Crippen LogP) is 1.04. The first kappa shape index (κ1) is 12.6. The van der Waals surface area contributed by atoms with Crippen LogP contribution in [0.3, 0.4) is 0 Å². The molecule has 7 heteroatoms. The zero-order valence-corrected chi connectivity index (χ0v) is 10.5. The van der Waals surface area contributed by atoms with Crippen molar-refractivity contribution < 1.29 is 14.3 Å². The molecule has 6 nitrogen and oxygen atoms in total. The Morgan fingerprint density at radius 2 is 2.10 bits per heavy atom. The number of nitrogens with two attached hydrogens (primary N) is 1. The molecule has 0 radical (unpaired) electrons. The van der Waals surface area contributed by atoms with Gasteiger partial charge in [-0.05, 0) is 17.7 Å². The molecule has 0 fully saturated rings. The molecule has 3 rings (SSSR count). The van der Waals surface area contributed by atoms with E-state index in [1.807, 2.05) is 0 Å². The van der Waals surface area contributed by atoms with Crippen molar-refractivity contribution in [1.29, 1.82) is 0 Å². The van der Waals surface area contributed by atoms with E-state index in [-0.39, 0.29) is 24.1 Å². The van der Waals surface area contributed by atoms with Crippen molar-refractivity contribution in [3.05, 3.63) is 41.5 Å². The van der Waals surface area contributed by atoms with Gasteiger partial charge in [0.2, 0.25) is 5.95 Å². The lowest BCUT2D eigenvalue weighted by Crippen LogP contribution is -2.33. The average molecular weight is 276 g/mol. The molecule has 0 bridgehead atoms. The van der Waals surface area contributed by atoms with Crippen molar-refractivity contribution in [3.63, 3.8) is 0 Å². The van der Waals surface area contributed by atoms with Crippen LogP contribution in [0.4, 0.5) is 10.3 Å². The molecular weight excluding hydrogens is 263 g/mol. The molecule has 2 atom stereocenters. The minimum Gasteiger partial charge on any atom is -0.481 e. The van der Waals surface area contributed by atoms with Crippen LogP contribution in [-0.4, -0.2) is 25.8 Å². The van der Waals surface area contributed by atoms with Crippen LogP contribution in [0.25, 0.3) is 0 Å². The van der Waals surface area contributed by atoms with Crippen LogP contribution in [0.1, 0.15) is 17.3 Å². The predicted molar refractivity (Wildman–Crippen MR) is 68.4 cm³/mol. The van der Waals surface area contributed by atoms with Crippen LogP contribution >= 0.6 is 0 Å². The summed E-state index contributed by atoms with van der Waals surface area (Å²) in [6, 6.07) is 5.89. The molecule has 2 unspecified atom stereocenters. The van der Waals surface area contributed by atoms with Gasteiger partial charge in [-0.3, -0.25) is 4.79 Å². The molecule has 1 aromatic heterocycles. The van der Waals surface area contributed by atoms with Gasteiger partial charge in [-0.25, -0.2) is 9.07 Å². The Balaban J connectivity index is 1.99. The van der Waals surface area contributed by atoms with Gasteiger partial charge in [0, 0.05) is 12.3 Å². The first-order valence-corrected chi connectivity index (χ1v) is 6.22. The number of benzene rings is 1. The number of rotatable bonds is 2. The molecule has 0 amide bonds. The average Bonchev–Trinajstić information content (AvgIpc) is 2.77. The topological polar surface area (TPSA) is 94.0 Å². The molecule has 0 spiro atoms. The molecule has 20 heavy (non-hydrogen) atoms. The Kier molecular flexibility index (Phi) is 2.89. The highest BCUT2D eigenvalue weighted by molar-refractivity contribution is 5.72. The standard InChI is InChI=1S/C13H13FN4O2/c14-8-3-1-7(2-4-8)10-6-18-11(16-13(15)17-18)5-9(10)12(19)20/h1-4,9-10H,5-6H2,(H2,15,17)(H,19,20). The van der Waals surface area contributed by atoms with E-state index in [4.69, 9.17) is 5.73 Å². The largest absolute Gasteiger partial charge is 0.481 e. The van der Waals surface area contributed by atoms with Gasteiger partial charge >= 0.3 is 5.97 Å². The van der Waals surface area contributed by atoms with E-state index in [0.717, 1.165) is 5.56 Å². The van der Waals surface area contributed by atoms with Crippen LogP contribution in [0.2, 0.25) is 0 Å². The third-order valence-electron chi connectivity index (χ3n) is 3.64. The molecule has 1 aliphatic heterocycles. The summed E-state index contributed by atoms with van der Waals surface area (Å²) in [5.41, 5.74) is 6.32. The lowest BCUT2D eigenvalue weighted by atomic mass is 9.81. The first-order chi connectivity index (χ1) is 9.54. The Bertz CT molecular complexity index is 653. The Morgan fingerprint density at radius 3 is 2.75 bits per heavy atom. The maximum Gasteiger partial charge on any atom is 0.307 e. The third-order valence-corrected chi connectivity index (χ3v) is 3.64. The minimum atomic E-state index is -0.896. The van der Waals surface area contributed by atoms with Gasteiger partial charge in [0.05, 0.1) is 12.5 Å². The third kappa shape index (κ3) is 2.11. The monoisotopic (exact) mass is 276 g/mol. The number of anilines is 1. The van der Waals surface area contributed by atoms with Crippen molar-refractivity contribution in [2.24, 2.45) is 5.92 Å². The van der Waals surface area contributed by atoms with Crippen LogP contribution in [0.5, 0.6) is 0 Å². The number of fused-ring (bicyclic) bond motifs is 1. The number of carbonyl (C=O) groups is 1. The smallest absolute Gasteiger partial charge is 0.307 e. The number of nitrogen functional groups attached to an aromatic ring is 1. The van der Waals surface area contributed by atoms with Crippen molar-refractivity contribution in [2.75, 3.05) is 5.73 Å². The molecular formula is C13H13FN4O2. The lowest BCUT2D eigenvalue weighted by molar-refractivity contribution is -0.143. The van der Waals surface area contributed by atoms with Gasteiger partial charge in [-0.1, -0.05) is 12.1 Å². The molecule has 2 aromatic rings. The Morgan fingerprint density at radius 1 is 1.40 bits per heavy atom. The number of carboxylic acids is 1. The summed E-state index contributed by atoms with van der Waals surface area (Å²) in [7, 11) is 0. The van der Waals surface area contributed by atoms with Crippen LogP contribution < -0.4 is 5.73 Å². The van der Waals surface area contributed by atoms with Gasteiger partial charge in [-0.2, -0.15) is 4.98 Å². The minimum absolute atomic E-state index is 0.142. The highest BCUT2D eigenvalue weighted by Gasteiger charge is 2.36. The van der Waals surface area contributed by atoms with Crippen molar-refractivity contribution in [1.82, 2.24) is 14.8 Å². The Labute approximate surface area is 114 Å². The number of nitrogens with zero attached hydrogens (tertiary/aromatic N) is 3. The van der Waals surface area contributed by atoms with E-state index in [1.54, 1.807) is 16.8 Å². The Hall–Kier alpha value is -2.44. The normalized spacial score (nSPS) is 21.4. The summed E-state index contributed by atoms with van der Waals surface area (Å²) < 4.78 is 14.6. The maximum atomic E-state index is 13.0. The lowest BCUT2D eigenvalue weighted by Gasteiger charge is -2.28. The van der Waals surface area contributed by atoms with Crippen molar-refractivity contribution >= 4 is 11.9 Å². The van der Waals surface area contributed by atoms with E-state index in [2.05, 4.69) is 10.1 Å². The molecule has 0 saturated heterocycles. The fraction of sp³-hybridized carbons (Fsp3) is 0.308. The highest BCUT2D eigenvalue weighted by atomic mass is 19.1. The second-order valence-electron chi connectivity index (χ2n) is 4.88. The van der Waals surface area contributed by atoms with Crippen LogP contribution in [-0.2, 0) is 17.8 Å². The molecule has 1 aliphatic rings. The number of carboxylic acid groups (broad SMARTS) is 1. The highest BCUT2D eigenvalue weighted by Crippen LogP contribution is 2.33. The summed E-state index contributed by atoms with van der Waals surface area (Å²) in [5, 5.41) is 13.4. The van der Waals surface area contributed by atoms with Gasteiger partial charge < -0.3 is 10.8 Å². The van der Waals surface area contributed by atoms with E-state index in [0.29, 0.717) is 12.4 Å². The summed E-state index contributed by atoms with van der Waals surface area (Å²) in [6.45, 7) is 0.377. The van der Waals surface area contributed by atoms with Crippen molar-refractivity contribution in [3.8, 4) is 0 Å². The summed E-state index contributed by atoms with van der Waals surface area (Å²) in [6.07, 6.45) is 0.265. The summed E-state index contributed by atoms with van der Waals surface area (Å²) in [4.78, 5) is 15.5. The zero-order chi connectivity index (χ0) is 14.3. The molecule has 3 N–H and O–H groups in total. The number of aliphatic carboxylic acids is 1. The number of hydrogen-bond donors (Lipinski definition) is 2. The van der Waals surface area contributed by atoms with Gasteiger partial charge in [-0.15, -0.1) is 5.10 Å². The number of halogens is 1. The van der Waals surface area contributed by atoms with Crippen LogP contribution in [0.15, 0.2) is 24.3 Å². The zero-order valence-electron chi connectivity index (χ0n) is 10.5. The van der Waals surface area contributed by atoms with Gasteiger partial charge in [0.25, 0.3) is 0 Å². The number of hydrogen-bond acceptors (Lipinski definition) is 4. The van der Waals surface area contributed by atoms with Gasteiger partial charge in [0.15, 0.2) is 0 Å². The molecule has 2 heterocycles. The fourth-order valence-electron chi connectivity index (χ4n) is 2.65. The van der Waals surface area contributed by atoms with Crippen molar-refractivity contribution in [2.45, 2.75) is 18.9 Å². The summed E-state index contributed by atoms with van der Waals surface area (Å²) in [5.74, 6) is -1.41. The van der Waals surface area contributed by atoms with E-state index >= 15 is 0 Å². The molecule has 1 aromatic carbocycles. The van der Waals surface area contributed by atoms with E-state index in [9.17, 15) is 14.3 Å². The quantitative estimate of drug-likeness (QED) is 0.854. The van der Waals surface area contributed by atoms with E-state index in [1.165, 1.54) is 12.1 Å². The summed E-state index contributed by atoms with van der Waals surface area (Å²) >= 11 is 0. The molecule has 104 valence electrons. The molecule has 0 aliphatic carbocycles. The first-order valence-electron chi connectivity index (χ1n) is 6.22. The maximum absolute atomic E-state index is 13.0. The SMILES string of the molecule is Nc1nc2n(n1)CC(c1ccc(F)cc1)C(C(=O)O)C2. The fourth-order valence-corrected chi connectivity index (χ4v) is 2.65. The van der Waals surface area contributed by atoms with Crippen LogP contribution in [0, 0.1) is 11.7 Å².